The Bertz CT molecular complexity index is 449. The summed E-state index contributed by atoms with van der Waals surface area (Å²) in [6, 6.07) is 1.70. The molecule has 1 fully saturated rings. The van der Waals surface area contributed by atoms with Gasteiger partial charge < -0.3 is 9.52 Å². The normalized spacial score (nSPS) is 26.8. The standard InChI is InChI=1S/C15H20O3/c1-10-6-12(8-15(2,3)17)13(7-10)14(16)11-4-5-18-9-11/h4-5,8-10,13,17H,6-7H2,1-3H3/b12-8+/t10-,13+/m0/s1. The second kappa shape index (κ2) is 4.73. The minimum Gasteiger partial charge on any atom is -0.472 e. The molecule has 1 aliphatic rings. The highest BCUT2D eigenvalue weighted by Gasteiger charge is 2.33. The molecule has 3 nitrogen and oxygen atoms in total. The molecule has 1 heterocycles. The number of hydrogen-bond donors (Lipinski definition) is 1. The van der Waals surface area contributed by atoms with Crippen LogP contribution in [-0.2, 0) is 0 Å². The summed E-state index contributed by atoms with van der Waals surface area (Å²) >= 11 is 0. The van der Waals surface area contributed by atoms with E-state index in [0.717, 1.165) is 18.4 Å². The molecular weight excluding hydrogens is 228 g/mol. The molecule has 0 unspecified atom stereocenters. The number of hydrogen-bond acceptors (Lipinski definition) is 3. The van der Waals surface area contributed by atoms with Crippen LogP contribution in [0.15, 0.2) is 34.7 Å². The van der Waals surface area contributed by atoms with E-state index in [9.17, 15) is 9.90 Å². The van der Waals surface area contributed by atoms with Crippen LogP contribution in [0.4, 0.5) is 0 Å². The molecule has 0 amide bonds. The van der Waals surface area contributed by atoms with E-state index in [4.69, 9.17) is 4.42 Å². The summed E-state index contributed by atoms with van der Waals surface area (Å²) in [5, 5.41) is 9.89. The Labute approximate surface area is 108 Å². The molecule has 1 aliphatic carbocycles. The SMILES string of the molecule is C[C@H]1C/C(=C\C(C)(C)O)[C@H](C(=O)c2ccoc2)C1. The Hall–Kier alpha value is -1.35. The Morgan fingerprint density at radius 3 is 2.83 bits per heavy atom. The summed E-state index contributed by atoms with van der Waals surface area (Å²) in [5.41, 5.74) is 0.811. The fourth-order valence-corrected chi connectivity index (χ4v) is 2.68. The molecular formula is C15H20O3. The van der Waals surface area contributed by atoms with Crippen molar-refractivity contribution in [3.8, 4) is 0 Å². The van der Waals surface area contributed by atoms with Gasteiger partial charge >= 0.3 is 0 Å². The van der Waals surface area contributed by atoms with Gasteiger partial charge in [-0.3, -0.25) is 4.79 Å². The van der Waals surface area contributed by atoms with Gasteiger partial charge in [-0.2, -0.15) is 0 Å². The van der Waals surface area contributed by atoms with E-state index in [1.165, 1.54) is 12.5 Å². The Kier molecular flexibility index (Phi) is 3.44. The van der Waals surface area contributed by atoms with Crippen molar-refractivity contribution in [3.63, 3.8) is 0 Å². The van der Waals surface area contributed by atoms with E-state index < -0.39 is 5.60 Å². The molecule has 0 aliphatic heterocycles. The number of aliphatic hydroxyl groups is 1. The van der Waals surface area contributed by atoms with Crippen LogP contribution in [0.3, 0.4) is 0 Å². The van der Waals surface area contributed by atoms with Crippen molar-refractivity contribution in [2.75, 3.05) is 0 Å². The largest absolute Gasteiger partial charge is 0.472 e. The van der Waals surface area contributed by atoms with Crippen molar-refractivity contribution in [3.05, 3.63) is 35.8 Å². The molecule has 1 saturated carbocycles. The second-order valence-electron chi connectivity index (χ2n) is 5.85. The zero-order valence-electron chi connectivity index (χ0n) is 11.1. The first kappa shape index (κ1) is 13.1. The van der Waals surface area contributed by atoms with Gasteiger partial charge in [0.05, 0.1) is 17.4 Å². The number of ketones is 1. The average molecular weight is 248 g/mol. The summed E-state index contributed by atoms with van der Waals surface area (Å²) < 4.78 is 4.97. The van der Waals surface area contributed by atoms with Gasteiger partial charge in [-0.05, 0) is 38.7 Å². The second-order valence-corrected chi connectivity index (χ2v) is 5.85. The molecule has 0 spiro atoms. The first-order chi connectivity index (χ1) is 8.37. The lowest BCUT2D eigenvalue weighted by atomic mass is 9.91. The molecule has 2 rings (SSSR count). The lowest BCUT2D eigenvalue weighted by molar-refractivity contribution is 0.0935. The minimum atomic E-state index is -0.867. The molecule has 18 heavy (non-hydrogen) atoms. The zero-order valence-corrected chi connectivity index (χ0v) is 11.1. The van der Waals surface area contributed by atoms with Crippen molar-refractivity contribution in [1.82, 2.24) is 0 Å². The molecule has 0 bridgehead atoms. The Morgan fingerprint density at radius 2 is 2.28 bits per heavy atom. The van der Waals surface area contributed by atoms with Crippen LogP contribution in [0.2, 0.25) is 0 Å². The van der Waals surface area contributed by atoms with E-state index in [1.54, 1.807) is 19.9 Å². The molecule has 98 valence electrons. The van der Waals surface area contributed by atoms with Gasteiger partial charge in [0.2, 0.25) is 0 Å². The van der Waals surface area contributed by atoms with Gasteiger partial charge in [-0.15, -0.1) is 0 Å². The minimum absolute atomic E-state index is 0.101. The van der Waals surface area contributed by atoms with Gasteiger partial charge in [0.25, 0.3) is 0 Å². The summed E-state index contributed by atoms with van der Waals surface area (Å²) in [5.74, 6) is 0.479. The van der Waals surface area contributed by atoms with Crippen molar-refractivity contribution in [1.29, 1.82) is 0 Å². The van der Waals surface area contributed by atoms with E-state index >= 15 is 0 Å². The number of carbonyl (C=O) groups is 1. The lowest BCUT2D eigenvalue weighted by Gasteiger charge is -2.16. The van der Waals surface area contributed by atoms with E-state index in [0.29, 0.717) is 11.5 Å². The Morgan fingerprint density at radius 1 is 1.56 bits per heavy atom. The maximum atomic E-state index is 12.4. The number of Topliss-reactive ketones (excluding diaryl/α,β-unsaturated/α-hetero) is 1. The third-order valence-electron chi connectivity index (χ3n) is 3.33. The average Bonchev–Trinajstić information content (AvgIpc) is 2.84. The van der Waals surface area contributed by atoms with Crippen LogP contribution in [0.5, 0.6) is 0 Å². The molecule has 1 N–H and O–H groups in total. The van der Waals surface area contributed by atoms with Crippen molar-refractivity contribution < 1.29 is 14.3 Å². The lowest BCUT2D eigenvalue weighted by Crippen LogP contribution is -2.19. The Balaban J connectivity index is 2.26. The van der Waals surface area contributed by atoms with E-state index in [1.807, 2.05) is 6.08 Å². The highest BCUT2D eigenvalue weighted by atomic mass is 16.3. The molecule has 0 radical (unpaired) electrons. The maximum Gasteiger partial charge on any atom is 0.173 e. The zero-order chi connectivity index (χ0) is 13.3. The molecule has 0 aromatic carbocycles. The van der Waals surface area contributed by atoms with Crippen LogP contribution < -0.4 is 0 Å². The monoisotopic (exact) mass is 248 g/mol. The van der Waals surface area contributed by atoms with Gasteiger partial charge in [-0.1, -0.05) is 18.6 Å². The molecule has 0 saturated heterocycles. The van der Waals surface area contributed by atoms with Crippen LogP contribution in [0, 0.1) is 11.8 Å². The highest BCUT2D eigenvalue weighted by molar-refractivity contribution is 5.99. The number of rotatable bonds is 3. The van der Waals surface area contributed by atoms with Crippen molar-refractivity contribution >= 4 is 5.78 Å². The molecule has 1 aromatic heterocycles. The number of carbonyl (C=O) groups excluding carboxylic acids is 1. The molecule has 1 aromatic rings. The topological polar surface area (TPSA) is 50.4 Å². The third-order valence-corrected chi connectivity index (χ3v) is 3.33. The molecule has 3 heteroatoms. The number of furan rings is 1. The van der Waals surface area contributed by atoms with Crippen LogP contribution in [0.25, 0.3) is 0 Å². The number of allylic oxidation sites excluding steroid dienone is 1. The fourth-order valence-electron chi connectivity index (χ4n) is 2.68. The van der Waals surface area contributed by atoms with Gasteiger partial charge in [-0.25, -0.2) is 0 Å². The smallest absolute Gasteiger partial charge is 0.173 e. The van der Waals surface area contributed by atoms with Gasteiger partial charge in [0.15, 0.2) is 5.78 Å². The highest BCUT2D eigenvalue weighted by Crippen LogP contribution is 2.38. The van der Waals surface area contributed by atoms with Gasteiger partial charge in [0.1, 0.15) is 6.26 Å². The van der Waals surface area contributed by atoms with E-state index in [-0.39, 0.29) is 11.7 Å². The van der Waals surface area contributed by atoms with Gasteiger partial charge in [0, 0.05) is 5.92 Å². The summed E-state index contributed by atoms with van der Waals surface area (Å²) in [6.45, 7) is 5.62. The first-order valence-electron chi connectivity index (χ1n) is 6.37. The summed E-state index contributed by atoms with van der Waals surface area (Å²) in [7, 11) is 0. The first-order valence-corrected chi connectivity index (χ1v) is 6.37. The fraction of sp³-hybridized carbons (Fsp3) is 0.533. The summed E-state index contributed by atoms with van der Waals surface area (Å²) in [4.78, 5) is 12.4. The predicted octanol–water partition coefficient (Wildman–Crippen LogP) is 3.21. The predicted molar refractivity (Wildman–Crippen MR) is 69.3 cm³/mol. The third kappa shape index (κ3) is 2.91. The van der Waals surface area contributed by atoms with Crippen molar-refractivity contribution in [2.24, 2.45) is 11.8 Å². The van der Waals surface area contributed by atoms with Crippen LogP contribution in [0.1, 0.15) is 44.0 Å². The van der Waals surface area contributed by atoms with Crippen molar-refractivity contribution in [2.45, 2.75) is 39.2 Å². The quantitative estimate of drug-likeness (QED) is 0.660. The maximum absolute atomic E-state index is 12.4. The van der Waals surface area contributed by atoms with E-state index in [2.05, 4.69) is 6.92 Å². The van der Waals surface area contributed by atoms with Crippen LogP contribution in [-0.4, -0.2) is 16.5 Å². The molecule has 2 atom stereocenters. The van der Waals surface area contributed by atoms with Crippen LogP contribution >= 0.6 is 0 Å². The summed E-state index contributed by atoms with van der Waals surface area (Å²) in [6.07, 6.45) is 6.58.